The lowest BCUT2D eigenvalue weighted by molar-refractivity contribution is 0.0943. The maximum atomic E-state index is 13.4. The van der Waals surface area contributed by atoms with Crippen molar-refractivity contribution in [1.29, 1.82) is 0 Å². The van der Waals surface area contributed by atoms with Gasteiger partial charge in [0.05, 0.1) is 12.1 Å². The monoisotopic (exact) mass is 301 g/mol. The summed E-state index contributed by atoms with van der Waals surface area (Å²) in [4.78, 5) is 11.8. The van der Waals surface area contributed by atoms with Crippen molar-refractivity contribution >= 4 is 5.91 Å². The van der Waals surface area contributed by atoms with Gasteiger partial charge >= 0.3 is 0 Å². The van der Waals surface area contributed by atoms with Crippen molar-refractivity contribution in [3.05, 3.63) is 65.5 Å². The molecule has 2 aromatic rings. The summed E-state index contributed by atoms with van der Waals surface area (Å²) in [5.74, 6) is 0.278. The number of carbonyl (C=O) groups excluding carboxylic acids is 1. The SMILES string of the molecule is CC(C)c1ccc(OCCNC(=O)c2ccccc2F)cc1. The molecule has 0 heterocycles. The van der Waals surface area contributed by atoms with E-state index in [1.807, 2.05) is 24.3 Å². The normalized spacial score (nSPS) is 10.5. The van der Waals surface area contributed by atoms with Crippen molar-refractivity contribution in [2.45, 2.75) is 19.8 Å². The fraction of sp³-hybridized carbons (Fsp3) is 0.278. The third-order valence-electron chi connectivity index (χ3n) is 3.32. The molecule has 0 aliphatic heterocycles. The molecular weight excluding hydrogens is 281 g/mol. The highest BCUT2D eigenvalue weighted by Crippen LogP contribution is 2.18. The van der Waals surface area contributed by atoms with Crippen LogP contribution in [0.5, 0.6) is 5.75 Å². The number of rotatable bonds is 6. The van der Waals surface area contributed by atoms with Crippen molar-refractivity contribution < 1.29 is 13.9 Å². The van der Waals surface area contributed by atoms with E-state index in [1.54, 1.807) is 12.1 Å². The molecule has 116 valence electrons. The lowest BCUT2D eigenvalue weighted by atomic mass is 10.0. The van der Waals surface area contributed by atoms with Gasteiger partial charge < -0.3 is 10.1 Å². The molecule has 0 spiro atoms. The fourth-order valence-electron chi connectivity index (χ4n) is 2.02. The third-order valence-corrected chi connectivity index (χ3v) is 3.32. The van der Waals surface area contributed by atoms with Crippen LogP contribution in [0.2, 0.25) is 0 Å². The number of benzene rings is 2. The van der Waals surface area contributed by atoms with Crippen LogP contribution in [0, 0.1) is 5.82 Å². The van der Waals surface area contributed by atoms with E-state index in [4.69, 9.17) is 4.74 Å². The van der Waals surface area contributed by atoms with E-state index in [1.165, 1.54) is 17.7 Å². The van der Waals surface area contributed by atoms with Crippen LogP contribution in [0.15, 0.2) is 48.5 Å². The van der Waals surface area contributed by atoms with Gasteiger partial charge in [0.15, 0.2) is 0 Å². The molecule has 0 bridgehead atoms. The minimum atomic E-state index is -0.523. The topological polar surface area (TPSA) is 38.3 Å². The van der Waals surface area contributed by atoms with Gasteiger partial charge in [0.2, 0.25) is 0 Å². The first-order chi connectivity index (χ1) is 10.6. The Labute approximate surface area is 130 Å². The van der Waals surface area contributed by atoms with E-state index < -0.39 is 11.7 Å². The first kappa shape index (κ1) is 16.0. The summed E-state index contributed by atoms with van der Waals surface area (Å²) in [7, 11) is 0. The zero-order valence-corrected chi connectivity index (χ0v) is 12.8. The molecule has 0 saturated heterocycles. The van der Waals surface area contributed by atoms with Crippen LogP contribution in [0.4, 0.5) is 4.39 Å². The Balaban J connectivity index is 1.77. The van der Waals surface area contributed by atoms with E-state index in [-0.39, 0.29) is 5.56 Å². The lowest BCUT2D eigenvalue weighted by Gasteiger charge is -2.10. The molecule has 2 aromatic carbocycles. The van der Waals surface area contributed by atoms with Gasteiger partial charge in [-0.1, -0.05) is 38.1 Å². The van der Waals surface area contributed by atoms with Crippen LogP contribution in [-0.4, -0.2) is 19.1 Å². The lowest BCUT2D eigenvalue weighted by Crippen LogP contribution is -2.28. The summed E-state index contributed by atoms with van der Waals surface area (Å²) in [6.07, 6.45) is 0. The molecule has 0 unspecified atom stereocenters. The minimum absolute atomic E-state index is 0.0452. The van der Waals surface area contributed by atoms with Crippen LogP contribution in [-0.2, 0) is 0 Å². The van der Waals surface area contributed by atoms with Crippen molar-refractivity contribution in [3.63, 3.8) is 0 Å². The zero-order valence-electron chi connectivity index (χ0n) is 12.8. The average Bonchev–Trinajstić information content (AvgIpc) is 2.52. The van der Waals surface area contributed by atoms with Gasteiger partial charge in [0.1, 0.15) is 18.2 Å². The maximum absolute atomic E-state index is 13.4. The third kappa shape index (κ3) is 4.32. The van der Waals surface area contributed by atoms with E-state index in [2.05, 4.69) is 19.2 Å². The van der Waals surface area contributed by atoms with Crippen molar-refractivity contribution in [1.82, 2.24) is 5.32 Å². The maximum Gasteiger partial charge on any atom is 0.254 e. The van der Waals surface area contributed by atoms with Crippen LogP contribution in [0.25, 0.3) is 0 Å². The molecule has 2 rings (SSSR count). The number of hydrogen-bond donors (Lipinski definition) is 1. The van der Waals surface area contributed by atoms with E-state index in [9.17, 15) is 9.18 Å². The zero-order chi connectivity index (χ0) is 15.9. The molecular formula is C18H20FNO2. The second-order valence-corrected chi connectivity index (χ2v) is 5.31. The summed E-state index contributed by atoms with van der Waals surface area (Å²) < 4.78 is 19.0. The molecule has 4 heteroatoms. The first-order valence-electron chi connectivity index (χ1n) is 7.33. The Morgan fingerprint density at radius 2 is 1.82 bits per heavy atom. The van der Waals surface area contributed by atoms with Gasteiger partial charge in [-0.15, -0.1) is 0 Å². The molecule has 1 N–H and O–H groups in total. The molecule has 0 saturated carbocycles. The summed E-state index contributed by atoms with van der Waals surface area (Å²) in [5.41, 5.74) is 1.30. The Kier molecular flexibility index (Phi) is 5.53. The van der Waals surface area contributed by atoms with E-state index in [0.717, 1.165) is 5.75 Å². The number of hydrogen-bond acceptors (Lipinski definition) is 2. The van der Waals surface area contributed by atoms with E-state index in [0.29, 0.717) is 19.1 Å². The predicted octanol–water partition coefficient (Wildman–Crippen LogP) is 3.76. The number of carbonyl (C=O) groups is 1. The van der Waals surface area contributed by atoms with Gasteiger partial charge in [-0.2, -0.15) is 0 Å². The Bertz CT molecular complexity index is 623. The molecule has 0 aliphatic carbocycles. The summed E-state index contributed by atoms with van der Waals surface area (Å²) >= 11 is 0. The van der Waals surface area contributed by atoms with Gasteiger partial charge in [-0.05, 0) is 35.7 Å². The van der Waals surface area contributed by atoms with Crippen molar-refractivity contribution in [2.75, 3.05) is 13.2 Å². The minimum Gasteiger partial charge on any atom is -0.492 e. The molecule has 0 aromatic heterocycles. The standard InChI is InChI=1S/C18H20FNO2/c1-13(2)14-7-9-15(10-8-14)22-12-11-20-18(21)16-5-3-4-6-17(16)19/h3-10,13H,11-12H2,1-2H3,(H,20,21). The number of nitrogens with one attached hydrogen (secondary N) is 1. The van der Waals surface area contributed by atoms with Gasteiger partial charge in [0, 0.05) is 0 Å². The number of ether oxygens (including phenoxy) is 1. The largest absolute Gasteiger partial charge is 0.492 e. The van der Waals surface area contributed by atoms with Crippen LogP contribution >= 0.6 is 0 Å². The molecule has 1 amide bonds. The fourth-order valence-corrected chi connectivity index (χ4v) is 2.02. The molecule has 0 aliphatic rings. The van der Waals surface area contributed by atoms with E-state index >= 15 is 0 Å². The second kappa shape index (κ2) is 7.59. The molecule has 0 fully saturated rings. The first-order valence-corrected chi connectivity index (χ1v) is 7.33. The quantitative estimate of drug-likeness (QED) is 0.825. The Morgan fingerprint density at radius 1 is 1.14 bits per heavy atom. The highest BCUT2D eigenvalue weighted by molar-refractivity contribution is 5.94. The van der Waals surface area contributed by atoms with Crippen molar-refractivity contribution in [2.24, 2.45) is 0 Å². The predicted molar refractivity (Wildman–Crippen MR) is 84.8 cm³/mol. The summed E-state index contributed by atoms with van der Waals surface area (Å²) in [6, 6.07) is 13.8. The Hall–Kier alpha value is -2.36. The van der Waals surface area contributed by atoms with Gasteiger partial charge in [0.25, 0.3) is 5.91 Å². The van der Waals surface area contributed by atoms with Crippen molar-refractivity contribution in [3.8, 4) is 5.75 Å². The smallest absolute Gasteiger partial charge is 0.254 e. The molecule has 22 heavy (non-hydrogen) atoms. The molecule has 0 radical (unpaired) electrons. The molecule has 3 nitrogen and oxygen atoms in total. The van der Waals surface area contributed by atoms with Gasteiger partial charge in [-0.25, -0.2) is 4.39 Å². The second-order valence-electron chi connectivity index (χ2n) is 5.31. The summed E-state index contributed by atoms with van der Waals surface area (Å²) in [5, 5.41) is 2.64. The van der Waals surface area contributed by atoms with Crippen LogP contribution in [0.1, 0.15) is 35.7 Å². The Morgan fingerprint density at radius 3 is 2.45 bits per heavy atom. The van der Waals surface area contributed by atoms with Gasteiger partial charge in [-0.3, -0.25) is 4.79 Å². The van der Waals surface area contributed by atoms with Crippen LogP contribution in [0.3, 0.4) is 0 Å². The molecule has 0 atom stereocenters. The average molecular weight is 301 g/mol. The number of halogens is 1. The highest BCUT2D eigenvalue weighted by Gasteiger charge is 2.09. The highest BCUT2D eigenvalue weighted by atomic mass is 19.1. The number of amides is 1. The summed E-state index contributed by atoms with van der Waals surface area (Å²) in [6.45, 7) is 4.92. The van der Waals surface area contributed by atoms with Crippen LogP contribution < -0.4 is 10.1 Å².